The SMILES string of the molecule is CCOC(=O)C(C)(C)c1ccc(-c2ccc(OCCn3cccn3)cc2)cc1. The van der Waals surface area contributed by atoms with Gasteiger partial charge < -0.3 is 9.47 Å². The van der Waals surface area contributed by atoms with Crippen molar-refractivity contribution in [3.63, 3.8) is 0 Å². The van der Waals surface area contributed by atoms with Crippen molar-refractivity contribution in [3.8, 4) is 16.9 Å². The first-order chi connectivity index (χ1) is 13.5. The second kappa shape index (κ2) is 8.74. The summed E-state index contributed by atoms with van der Waals surface area (Å²) >= 11 is 0. The molecule has 0 radical (unpaired) electrons. The molecule has 0 saturated heterocycles. The van der Waals surface area contributed by atoms with Crippen molar-refractivity contribution in [1.29, 1.82) is 0 Å². The number of carbonyl (C=O) groups excluding carboxylic acids is 1. The zero-order valence-corrected chi connectivity index (χ0v) is 16.6. The van der Waals surface area contributed by atoms with Gasteiger partial charge in [0, 0.05) is 12.4 Å². The van der Waals surface area contributed by atoms with Crippen molar-refractivity contribution in [2.75, 3.05) is 13.2 Å². The zero-order chi connectivity index (χ0) is 20.0. The molecule has 3 aromatic rings. The van der Waals surface area contributed by atoms with Crippen LogP contribution in [0.3, 0.4) is 0 Å². The number of carbonyl (C=O) groups is 1. The smallest absolute Gasteiger partial charge is 0.315 e. The average Bonchev–Trinajstić information content (AvgIpc) is 3.22. The van der Waals surface area contributed by atoms with Crippen molar-refractivity contribution in [2.24, 2.45) is 0 Å². The Balaban J connectivity index is 1.63. The summed E-state index contributed by atoms with van der Waals surface area (Å²) < 4.78 is 12.8. The lowest BCUT2D eigenvalue weighted by Crippen LogP contribution is -2.31. The summed E-state index contributed by atoms with van der Waals surface area (Å²) in [6.45, 7) is 7.26. The molecule has 0 N–H and O–H groups in total. The van der Waals surface area contributed by atoms with E-state index in [2.05, 4.69) is 5.10 Å². The second-order valence-corrected chi connectivity index (χ2v) is 7.06. The van der Waals surface area contributed by atoms with Gasteiger partial charge >= 0.3 is 5.97 Å². The molecule has 0 aliphatic carbocycles. The lowest BCUT2D eigenvalue weighted by Gasteiger charge is -2.23. The minimum Gasteiger partial charge on any atom is -0.492 e. The number of benzene rings is 2. The fourth-order valence-electron chi connectivity index (χ4n) is 2.94. The predicted octanol–water partition coefficient (Wildman–Crippen LogP) is 4.47. The Morgan fingerprint density at radius 3 is 2.25 bits per heavy atom. The van der Waals surface area contributed by atoms with Crippen LogP contribution in [0.15, 0.2) is 67.0 Å². The summed E-state index contributed by atoms with van der Waals surface area (Å²) in [4.78, 5) is 12.2. The van der Waals surface area contributed by atoms with Gasteiger partial charge in [0.2, 0.25) is 0 Å². The van der Waals surface area contributed by atoms with Crippen molar-refractivity contribution in [2.45, 2.75) is 32.7 Å². The highest BCUT2D eigenvalue weighted by Crippen LogP contribution is 2.28. The topological polar surface area (TPSA) is 53.4 Å². The quantitative estimate of drug-likeness (QED) is 0.543. The summed E-state index contributed by atoms with van der Waals surface area (Å²) in [6, 6.07) is 17.9. The number of hydrogen-bond donors (Lipinski definition) is 0. The Morgan fingerprint density at radius 1 is 1.04 bits per heavy atom. The van der Waals surface area contributed by atoms with Crippen LogP contribution < -0.4 is 4.74 Å². The Morgan fingerprint density at radius 2 is 1.68 bits per heavy atom. The van der Waals surface area contributed by atoms with E-state index in [0.29, 0.717) is 19.8 Å². The van der Waals surface area contributed by atoms with E-state index < -0.39 is 5.41 Å². The van der Waals surface area contributed by atoms with Crippen LogP contribution >= 0.6 is 0 Å². The summed E-state index contributed by atoms with van der Waals surface area (Å²) in [6.07, 6.45) is 3.67. The molecule has 28 heavy (non-hydrogen) atoms. The van der Waals surface area contributed by atoms with Crippen LogP contribution in [0.25, 0.3) is 11.1 Å². The number of aromatic nitrogens is 2. The van der Waals surface area contributed by atoms with Crippen LogP contribution in [-0.2, 0) is 21.5 Å². The third kappa shape index (κ3) is 4.60. The van der Waals surface area contributed by atoms with Crippen LogP contribution in [0, 0.1) is 0 Å². The van der Waals surface area contributed by atoms with E-state index in [1.54, 1.807) is 6.20 Å². The average molecular weight is 378 g/mol. The van der Waals surface area contributed by atoms with Crippen molar-refractivity contribution in [3.05, 3.63) is 72.6 Å². The number of ether oxygens (including phenoxy) is 2. The van der Waals surface area contributed by atoms with E-state index >= 15 is 0 Å². The van der Waals surface area contributed by atoms with E-state index in [4.69, 9.17) is 9.47 Å². The maximum Gasteiger partial charge on any atom is 0.315 e. The molecule has 0 unspecified atom stereocenters. The summed E-state index contributed by atoms with van der Waals surface area (Å²) in [7, 11) is 0. The van der Waals surface area contributed by atoms with Crippen LogP contribution in [0.4, 0.5) is 0 Å². The molecule has 0 bridgehead atoms. The van der Waals surface area contributed by atoms with Crippen molar-refractivity contribution >= 4 is 5.97 Å². The van der Waals surface area contributed by atoms with Crippen LogP contribution in [0.5, 0.6) is 5.75 Å². The number of nitrogens with zero attached hydrogens (tertiary/aromatic N) is 2. The van der Waals surface area contributed by atoms with Gasteiger partial charge in [-0.2, -0.15) is 5.10 Å². The minimum atomic E-state index is -0.666. The van der Waals surface area contributed by atoms with Gasteiger partial charge in [0.05, 0.1) is 18.6 Å². The minimum absolute atomic E-state index is 0.209. The van der Waals surface area contributed by atoms with E-state index in [1.165, 1.54) is 0 Å². The van der Waals surface area contributed by atoms with Gasteiger partial charge in [0.25, 0.3) is 0 Å². The molecular formula is C23H26N2O3. The van der Waals surface area contributed by atoms with Crippen LogP contribution in [0.1, 0.15) is 26.3 Å². The van der Waals surface area contributed by atoms with Gasteiger partial charge in [-0.15, -0.1) is 0 Å². The van der Waals surface area contributed by atoms with E-state index in [-0.39, 0.29) is 5.97 Å². The Labute approximate surface area is 165 Å². The molecule has 2 aromatic carbocycles. The Bertz CT molecular complexity index is 883. The molecule has 1 aromatic heterocycles. The van der Waals surface area contributed by atoms with Crippen LogP contribution in [0.2, 0.25) is 0 Å². The molecule has 146 valence electrons. The first kappa shape index (κ1) is 19.7. The zero-order valence-electron chi connectivity index (χ0n) is 16.6. The maximum atomic E-state index is 12.2. The van der Waals surface area contributed by atoms with E-state index in [9.17, 15) is 4.79 Å². The summed E-state index contributed by atoms with van der Waals surface area (Å²) in [5, 5.41) is 4.15. The number of rotatable bonds is 8. The summed E-state index contributed by atoms with van der Waals surface area (Å²) in [5.41, 5.74) is 2.46. The fourth-order valence-corrected chi connectivity index (χ4v) is 2.94. The van der Waals surface area contributed by atoms with Gasteiger partial charge in [0.1, 0.15) is 12.4 Å². The maximum absolute atomic E-state index is 12.2. The van der Waals surface area contributed by atoms with Gasteiger partial charge in [-0.3, -0.25) is 9.48 Å². The molecule has 0 spiro atoms. The molecule has 0 atom stereocenters. The Kier molecular flexibility index (Phi) is 6.14. The molecule has 5 nitrogen and oxygen atoms in total. The molecule has 0 amide bonds. The second-order valence-electron chi connectivity index (χ2n) is 7.06. The normalized spacial score (nSPS) is 11.2. The highest BCUT2D eigenvalue weighted by molar-refractivity contribution is 5.82. The van der Waals surface area contributed by atoms with Crippen LogP contribution in [-0.4, -0.2) is 29.0 Å². The standard InChI is InChI=1S/C23H26N2O3/c1-4-27-22(26)23(2,3)20-10-6-18(7-11-20)19-8-12-21(13-9-19)28-17-16-25-15-5-14-24-25/h5-15H,4,16-17H2,1-3H3. The first-order valence-corrected chi connectivity index (χ1v) is 9.49. The third-order valence-electron chi connectivity index (χ3n) is 4.73. The van der Waals surface area contributed by atoms with Gasteiger partial charge in [0.15, 0.2) is 0 Å². The van der Waals surface area contributed by atoms with Gasteiger partial charge in [-0.1, -0.05) is 36.4 Å². The van der Waals surface area contributed by atoms with Crippen molar-refractivity contribution < 1.29 is 14.3 Å². The molecule has 3 rings (SSSR count). The highest BCUT2D eigenvalue weighted by Gasteiger charge is 2.31. The molecule has 0 fully saturated rings. The largest absolute Gasteiger partial charge is 0.492 e. The molecule has 1 heterocycles. The Hall–Kier alpha value is -3.08. The first-order valence-electron chi connectivity index (χ1n) is 9.49. The lowest BCUT2D eigenvalue weighted by atomic mass is 9.84. The lowest BCUT2D eigenvalue weighted by molar-refractivity contribution is -0.148. The highest BCUT2D eigenvalue weighted by atomic mass is 16.5. The molecule has 0 saturated carbocycles. The van der Waals surface area contributed by atoms with Gasteiger partial charge in [-0.25, -0.2) is 0 Å². The molecule has 0 aliphatic heterocycles. The van der Waals surface area contributed by atoms with Crippen molar-refractivity contribution in [1.82, 2.24) is 9.78 Å². The third-order valence-corrected chi connectivity index (χ3v) is 4.73. The monoisotopic (exact) mass is 378 g/mol. The van der Waals surface area contributed by atoms with Gasteiger partial charge in [-0.05, 0) is 55.7 Å². The number of hydrogen-bond acceptors (Lipinski definition) is 4. The molecule has 0 aliphatic rings. The molecular weight excluding hydrogens is 352 g/mol. The number of esters is 1. The van der Waals surface area contributed by atoms with E-state index in [1.807, 2.05) is 86.2 Å². The fraction of sp³-hybridized carbons (Fsp3) is 0.304. The van der Waals surface area contributed by atoms with E-state index in [0.717, 1.165) is 22.4 Å². The molecule has 5 heteroatoms. The predicted molar refractivity (Wildman–Crippen MR) is 109 cm³/mol. The summed E-state index contributed by atoms with van der Waals surface area (Å²) in [5.74, 6) is 0.621.